The number of thiazole rings is 1. The zero-order valence-corrected chi connectivity index (χ0v) is 17.6. The number of benzene rings is 2. The first kappa shape index (κ1) is 20.1. The van der Waals surface area contributed by atoms with Crippen molar-refractivity contribution < 1.29 is 9.47 Å². The molecule has 0 spiro atoms. The summed E-state index contributed by atoms with van der Waals surface area (Å²) in [7, 11) is 0. The lowest BCUT2D eigenvalue weighted by Crippen LogP contribution is -2.04. The maximum absolute atomic E-state index is 6.46. The molecule has 0 aliphatic heterocycles. The number of halogens is 3. The van der Waals surface area contributed by atoms with E-state index in [1.807, 2.05) is 30.5 Å². The minimum absolute atomic E-state index is 0.299. The molecule has 0 radical (unpaired) electrons. The van der Waals surface area contributed by atoms with Crippen molar-refractivity contribution in [1.82, 2.24) is 4.98 Å². The van der Waals surface area contributed by atoms with E-state index < -0.39 is 0 Å². The number of aromatic nitrogens is 1. The van der Waals surface area contributed by atoms with E-state index in [2.05, 4.69) is 10.3 Å². The second kappa shape index (κ2) is 9.51. The molecule has 0 amide bonds. The molecule has 1 heterocycles. The Bertz CT molecular complexity index is 904. The summed E-state index contributed by atoms with van der Waals surface area (Å²) in [5.41, 5.74) is 1.86. The predicted octanol–water partition coefficient (Wildman–Crippen LogP) is 6.69. The van der Waals surface area contributed by atoms with E-state index in [1.165, 1.54) is 0 Å². The molecule has 2 aromatic carbocycles. The normalized spacial score (nSPS) is 10.7. The number of hydrogen-bond acceptors (Lipinski definition) is 5. The van der Waals surface area contributed by atoms with Gasteiger partial charge in [-0.1, -0.05) is 40.9 Å². The van der Waals surface area contributed by atoms with Crippen molar-refractivity contribution in [3.05, 3.63) is 68.1 Å². The SMILES string of the molecule is CCOc1cc(CNc2nccs2)cc(Cl)c1OCc1ccc(Cl)c(Cl)c1. The Hall–Kier alpha value is -1.66. The first-order valence-corrected chi connectivity index (χ1v) is 10.2. The average molecular weight is 444 g/mol. The van der Waals surface area contributed by atoms with Crippen molar-refractivity contribution >= 4 is 51.3 Å². The summed E-state index contributed by atoms with van der Waals surface area (Å²) in [6.45, 7) is 3.30. The lowest BCUT2D eigenvalue weighted by atomic mass is 10.2. The molecule has 142 valence electrons. The molecule has 0 saturated carbocycles. The summed E-state index contributed by atoms with van der Waals surface area (Å²) >= 11 is 20.0. The van der Waals surface area contributed by atoms with E-state index in [0.717, 1.165) is 16.3 Å². The molecule has 1 aromatic heterocycles. The van der Waals surface area contributed by atoms with Gasteiger partial charge < -0.3 is 14.8 Å². The Morgan fingerprint density at radius 1 is 1.00 bits per heavy atom. The second-order valence-electron chi connectivity index (χ2n) is 5.57. The number of ether oxygens (including phenoxy) is 2. The molecule has 0 atom stereocenters. The molecule has 8 heteroatoms. The van der Waals surface area contributed by atoms with Gasteiger partial charge in [0.15, 0.2) is 16.6 Å². The summed E-state index contributed by atoms with van der Waals surface area (Å²) in [5.74, 6) is 1.10. The largest absolute Gasteiger partial charge is 0.490 e. The van der Waals surface area contributed by atoms with E-state index in [0.29, 0.717) is 46.3 Å². The number of rotatable bonds is 8. The van der Waals surface area contributed by atoms with E-state index in [1.54, 1.807) is 29.7 Å². The molecule has 4 nitrogen and oxygen atoms in total. The van der Waals surface area contributed by atoms with Gasteiger partial charge in [0, 0.05) is 18.1 Å². The van der Waals surface area contributed by atoms with Gasteiger partial charge in [0.2, 0.25) is 0 Å². The van der Waals surface area contributed by atoms with E-state index in [-0.39, 0.29) is 0 Å². The first-order valence-electron chi connectivity index (χ1n) is 8.22. The van der Waals surface area contributed by atoms with Crippen LogP contribution in [0.3, 0.4) is 0 Å². The summed E-state index contributed by atoms with van der Waals surface area (Å²) in [6, 6.07) is 9.13. The van der Waals surface area contributed by atoms with E-state index >= 15 is 0 Å². The third-order valence-electron chi connectivity index (χ3n) is 3.61. The number of anilines is 1. The van der Waals surface area contributed by atoms with Crippen LogP contribution in [-0.4, -0.2) is 11.6 Å². The Morgan fingerprint density at radius 3 is 2.52 bits per heavy atom. The van der Waals surface area contributed by atoms with Crippen LogP contribution >= 0.6 is 46.1 Å². The Balaban J connectivity index is 1.75. The molecule has 0 saturated heterocycles. The minimum Gasteiger partial charge on any atom is -0.490 e. The molecule has 27 heavy (non-hydrogen) atoms. The van der Waals surface area contributed by atoms with Crippen LogP contribution in [0.4, 0.5) is 5.13 Å². The minimum atomic E-state index is 0.299. The lowest BCUT2D eigenvalue weighted by molar-refractivity contribution is 0.269. The van der Waals surface area contributed by atoms with Crippen molar-refractivity contribution in [2.75, 3.05) is 11.9 Å². The highest BCUT2D eigenvalue weighted by Gasteiger charge is 2.13. The summed E-state index contributed by atoms with van der Waals surface area (Å²) in [4.78, 5) is 4.20. The smallest absolute Gasteiger partial charge is 0.182 e. The number of hydrogen-bond donors (Lipinski definition) is 1. The molecule has 0 unspecified atom stereocenters. The maximum Gasteiger partial charge on any atom is 0.182 e. The molecule has 0 bridgehead atoms. The topological polar surface area (TPSA) is 43.4 Å². The second-order valence-corrected chi connectivity index (χ2v) is 7.68. The van der Waals surface area contributed by atoms with Gasteiger partial charge in [-0.3, -0.25) is 0 Å². The highest BCUT2D eigenvalue weighted by molar-refractivity contribution is 7.13. The zero-order valence-electron chi connectivity index (χ0n) is 14.5. The fraction of sp³-hybridized carbons (Fsp3) is 0.211. The van der Waals surface area contributed by atoms with E-state index in [4.69, 9.17) is 44.3 Å². The van der Waals surface area contributed by atoms with Crippen LogP contribution < -0.4 is 14.8 Å². The fourth-order valence-electron chi connectivity index (χ4n) is 2.40. The van der Waals surface area contributed by atoms with Crippen molar-refractivity contribution in [2.45, 2.75) is 20.1 Å². The lowest BCUT2D eigenvalue weighted by Gasteiger charge is -2.16. The zero-order chi connectivity index (χ0) is 19.2. The van der Waals surface area contributed by atoms with Crippen LogP contribution in [0.1, 0.15) is 18.1 Å². The van der Waals surface area contributed by atoms with Gasteiger partial charge >= 0.3 is 0 Å². The van der Waals surface area contributed by atoms with Crippen LogP contribution in [0.15, 0.2) is 41.9 Å². The molecular weight excluding hydrogens is 427 g/mol. The number of nitrogens with zero attached hydrogens (tertiary/aromatic N) is 1. The standard InChI is InChI=1S/C19H17Cl3N2O2S/c1-2-25-17-9-13(10-24-19-23-5-6-27-19)8-16(22)18(17)26-11-12-3-4-14(20)15(21)7-12/h3-9H,2,10-11H2,1H3,(H,23,24). The highest BCUT2D eigenvalue weighted by Crippen LogP contribution is 2.37. The van der Waals surface area contributed by atoms with Crippen molar-refractivity contribution in [1.29, 1.82) is 0 Å². The van der Waals surface area contributed by atoms with Crippen molar-refractivity contribution in [3.63, 3.8) is 0 Å². The molecular formula is C19H17Cl3N2O2S. The van der Waals surface area contributed by atoms with Gasteiger partial charge in [0.25, 0.3) is 0 Å². The van der Waals surface area contributed by atoms with Crippen LogP contribution in [0.2, 0.25) is 15.1 Å². The van der Waals surface area contributed by atoms with Gasteiger partial charge in [-0.15, -0.1) is 11.3 Å². The summed E-state index contributed by atoms with van der Waals surface area (Å²) in [6.07, 6.45) is 1.76. The summed E-state index contributed by atoms with van der Waals surface area (Å²) < 4.78 is 11.6. The van der Waals surface area contributed by atoms with E-state index in [9.17, 15) is 0 Å². The van der Waals surface area contributed by atoms with Gasteiger partial charge in [-0.2, -0.15) is 0 Å². The van der Waals surface area contributed by atoms with Crippen LogP contribution in [0.25, 0.3) is 0 Å². The van der Waals surface area contributed by atoms with Crippen molar-refractivity contribution in [3.8, 4) is 11.5 Å². The van der Waals surface area contributed by atoms with Crippen molar-refractivity contribution in [2.24, 2.45) is 0 Å². The van der Waals surface area contributed by atoms with Gasteiger partial charge in [0.05, 0.1) is 21.7 Å². The quantitative estimate of drug-likeness (QED) is 0.421. The number of nitrogens with one attached hydrogen (secondary N) is 1. The van der Waals surface area contributed by atoms with Crippen LogP contribution in [-0.2, 0) is 13.2 Å². The fourth-order valence-corrected chi connectivity index (χ4v) is 3.54. The predicted molar refractivity (Wildman–Crippen MR) is 113 cm³/mol. The Morgan fingerprint density at radius 2 is 1.81 bits per heavy atom. The highest BCUT2D eigenvalue weighted by atomic mass is 35.5. The van der Waals surface area contributed by atoms with Gasteiger partial charge in [-0.25, -0.2) is 4.98 Å². The maximum atomic E-state index is 6.46. The molecule has 3 rings (SSSR count). The molecule has 0 aliphatic rings. The Kier molecular flexibility index (Phi) is 7.07. The van der Waals surface area contributed by atoms with Gasteiger partial charge in [0.1, 0.15) is 6.61 Å². The molecule has 0 aliphatic carbocycles. The average Bonchev–Trinajstić information content (AvgIpc) is 3.16. The van der Waals surface area contributed by atoms with Crippen LogP contribution in [0.5, 0.6) is 11.5 Å². The first-order chi connectivity index (χ1) is 13.1. The third-order valence-corrected chi connectivity index (χ3v) is 5.36. The molecule has 0 fully saturated rings. The third kappa shape index (κ3) is 5.42. The van der Waals surface area contributed by atoms with Crippen LogP contribution in [0, 0.1) is 0 Å². The molecule has 1 N–H and O–H groups in total. The summed E-state index contributed by atoms with van der Waals surface area (Å²) in [5, 5.41) is 7.49. The monoisotopic (exact) mass is 442 g/mol. The van der Waals surface area contributed by atoms with Gasteiger partial charge in [-0.05, 0) is 42.3 Å². The Labute approximate surface area is 177 Å². The molecule has 3 aromatic rings.